The molecule has 0 atom stereocenters. The van der Waals surface area contributed by atoms with Crippen molar-refractivity contribution in [1.82, 2.24) is 0 Å². The van der Waals surface area contributed by atoms with E-state index >= 15 is 0 Å². The molecular weight excluding hydrogens is 412 g/mol. The number of para-hydroxylation sites is 3. The lowest BCUT2D eigenvalue weighted by Crippen LogP contribution is -2.35. The molecule has 6 nitrogen and oxygen atoms in total. The molecule has 0 bridgehead atoms. The van der Waals surface area contributed by atoms with Gasteiger partial charge in [-0.05, 0) is 61.7 Å². The van der Waals surface area contributed by atoms with E-state index in [-0.39, 0.29) is 10.5 Å². The predicted octanol–water partition coefficient (Wildman–Crippen LogP) is 4.48. The Morgan fingerprint density at radius 2 is 1.81 bits per heavy atom. The number of hydrogen-bond donors (Lipinski definition) is 1. The molecule has 0 fully saturated rings. The summed E-state index contributed by atoms with van der Waals surface area (Å²) in [5, 5.41) is 2.81. The molecule has 0 unspecified atom stereocenters. The number of nitrogens with zero attached hydrogens (tertiary/aromatic N) is 1. The molecule has 0 spiro atoms. The lowest BCUT2D eigenvalue weighted by Gasteiger charge is -2.30. The summed E-state index contributed by atoms with van der Waals surface area (Å²) in [7, 11) is -3.79. The Balaban J connectivity index is 1.62. The van der Waals surface area contributed by atoms with Gasteiger partial charge in [0.1, 0.15) is 5.75 Å². The van der Waals surface area contributed by atoms with Crippen LogP contribution in [0.5, 0.6) is 5.75 Å². The Labute approximate surface area is 182 Å². The lowest BCUT2D eigenvalue weighted by molar-refractivity contribution is 0.102. The summed E-state index contributed by atoms with van der Waals surface area (Å²) in [5.74, 6) is 0.162. The zero-order valence-corrected chi connectivity index (χ0v) is 18.1. The van der Waals surface area contributed by atoms with Crippen LogP contribution in [0.25, 0.3) is 0 Å². The number of rotatable bonds is 6. The Morgan fingerprint density at radius 3 is 2.65 bits per heavy atom. The smallest absolute Gasteiger partial charge is 0.264 e. The summed E-state index contributed by atoms with van der Waals surface area (Å²) in [5.41, 5.74) is 2.51. The van der Waals surface area contributed by atoms with Crippen molar-refractivity contribution in [3.8, 4) is 5.75 Å². The zero-order chi connectivity index (χ0) is 21.8. The first-order valence-electron chi connectivity index (χ1n) is 10.2. The summed E-state index contributed by atoms with van der Waals surface area (Å²) < 4.78 is 33.8. The molecule has 1 aliphatic heterocycles. The molecular formula is C24H24N2O4S. The van der Waals surface area contributed by atoms with Gasteiger partial charge in [-0.3, -0.25) is 9.10 Å². The first kappa shape index (κ1) is 20.9. The van der Waals surface area contributed by atoms with Crippen LogP contribution in [0, 0.1) is 0 Å². The van der Waals surface area contributed by atoms with Crippen molar-refractivity contribution in [3.05, 3.63) is 83.9 Å². The van der Waals surface area contributed by atoms with Crippen LogP contribution in [0.2, 0.25) is 0 Å². The van der Waals surface area contributed by atoms with E-state index in [1.807, 2.05) is 37.3 Å². The van der Waals surface area contributed by atoms with E-state index in [2.05, 4.69) is 5.32 Å². The predicted molar refractivity (Wildman–Crippen MR) is 121 cm³/mol. The molecule has 0 aliphatic carbocycles. The number of fused-ring (bicyclic) bond motifs is 1. The lowest BCUT2D eigenvalue weighted by atomic mass is 10.0. The number of hydrogen-bond acceptors (Lipinski definition) is 4. The molecule has 1 amide bonds. The highest BCUT2D eigenvalue weighted by Crippen LogP contribution is 2.32. The van der Waals surface area contributed by atoms with Gasteiger partial charge < -0.3 is 10.1 Å². The Kier molecular flexibility index (Phi) is 5.95. The minimum absolute atomic E-state index is 0.0925. The normalized spacial score (nSPS) is 13.4. The van der Waals surface area contributed by atoms with E-state index < -0.39 is 15.9 Å². The average molecular weight is 437 g/mol. The molecule has 160 valence electrons. The van der Waals surface area contributed by atoms with Crippen LogP contribution < -0.4 is 14.4 Å². The van der Waals surface area contributed by atoms with Gasteiger partial charge in [0.05, 0.1) is 22.9 Å². The van der Waals surface area contributed by atoms with Crippen LogP contribution in [-0.2, 0) is 16.4 Å². The highest BCUT2D eigenvalue weighted by atomic mass is 32.2. The molecule has 3 aromatic rings. The third-order valence-electron chi connectivity index (χ3n) is 5.19. The molecule has 3 aromatic carbocycles. The summed E-state index contributed by atoms with van der Waals surface area (Å²) in [6, 6.07) is 20.8. The van der Waals surface area contributed by atoms with Crippen LogP contribution in [0.1, 0.15) is 29.3 Å². The van der Waals surface area contributed by atoms with E-state index in [1.54, 1.807) is 30.3 Å². The Bertz CT molecular complexity index is 1210. The van der Waals surface area contributed by atoms with Crippen LogP contribution in [0.4, 0.5) is 11.4 Å². The van der Waals surface area contributed by atoms with Crippen molar-refractivity contribution < 1.29 is 17.9 Å². The van der Waals surface area contributed by atoms with E-state index in [0.717, 1.165) is 18.4 Å². The second kappa shape index (κ2) is 8.81. The van der Waals surface area contributed by atoms with Crippen molar-refractivity contribution in [2.24, 2.45) is 0 Å². The number of sulfonamides is 1. The summed E-state index contributed by atoms with van der Waals surface area (Å²) in [6.45, 7) is 2.75. The number of anilines is 2. The summed E-state index contributed by atoms with van der Waals surface area (Å²) in [4.78, 5) is 12.9. The fourth-order valence-corrected chi connectivity index (χ4v) is 5.31. The van der Waals surface area contributed by atoms with Gasteiger partial charge >= 0.3 is 0 Å². The number of carbonyl (C=O) groups excluding carboxylic acids is 1. The standard InChI is InChI=1S/C24H24N2O4S/c1-2-30-23-15-6-4-13-21(23)25-24(27)19-10-7-12-20(17-19)31(28,29)26-16-8-11-18-9-3-5-14-22(18)26/h3-7,9-10,12-15,17H,2,8,11,16H2,1H3,(H,25,27). The third kappa shape index (κ3) is 4.27. The van der Waals surface area contributed by atoms with Crippen LogP contribution in [-0.4, -0.2) is 27.5 Å². The van der Waals surface area contributed by atoms with Gasteiger partial charge in [-0.25, -0.2) is 8.42 Å². The van der Waals surface area contributed by atoms with E-state index in [1.165, 1.54) is 16.4 Å². The van der Waals surface area contributed by atoms with Crippen LogP contribution in [0.3, 0.4) is 0 Å². The Morgan fingerprint density at radius 1 is 1.03 bits per heavy atom. The molecule has 7 heteroatoms. The van der Waals surface area contributed by atoms with Crippen molar-refractivity contribution in [2.75, 3.05) is 22.8 Å². The molecule has 1 heterocycles. The second-order valence-corrected chi connectivity index (χ2v) is 9.08. The summed E-state index contributed by atoms with van der Waals surface area (Å²) in [6.07, 6.45) is 1.61. The topological polar surface area (TPSA) is 75.7 Å². The highest BCUT2D eigenvalue weighted by molar-refractivity contribution is 7.92. The first-order chi connectivity index (χ1) is 15.0. The van der Waals surface area contributed by atoms with Crippen molar-refractivity contribution in [1.29, 1.82) is 0 Å². The molecule has 1 aliphatic rings. The molecule has 0 saturated heterocycles. The maximum atomic E-state index is 13.4. The minimum Gasteiger partial charge on any atom is -0.492 e. The number of nitrogens with one attached hydrogen (secondary N) is 1. The van der Waals surface area contributed by atoms with E-state index in [0.29, 0.717) is 30.3 Å². The number of carbonyl (C=O) groups is 1. The fourth-order valence-electron chi connectivity index (χ4n) is 3.72. The van der Waals surface area contributed by atoms with E-state index in [9.17, 15) is 13.2 Å². The number of benzene rings is 3. The number of amides is 1. The molecule has 0 radical (unpaired) electrons. The van der Waals surface area contributed by atoms with Gasteiger partial charge in [-0.2, -0.15) is 0 Å². The quantitative estimate of drug-likeness (QED) is 0.618. The van der Waals surface area contributed by atoms with Crippen LogP contribution >= 0.6 is 0 Å². The summed E-state index contributed by atoms with van der Waals surface area (Å²) >= 11 is 0. The molecule has 4 rings (SSSR count). The SMILES string of the molecule is CCOc1ccccc1NC(=O)c1cccc(S(=O)(=O)N2CCCc3ccccc32)c1. The van der Waals surface area contributed by atoms with E-state index in [4.69, 9.17) is 4.74 Å². The van der Waals surface area contributed by atoms with Crippen molar-refractivity contribution >= 4 is 27.3 Å². The van der Waals surface area contributed by atoms with Gasteiger partial charge in [-0.15, -0.1) is 0 Å². The molecule has 0 saturated carbocycles. The first-order valence-corrected chi connectivity index (χ1v) is 11.7. The maximum absolute atomic E-state index is 13.4. The minimum atomic E-state index is -3.79. The monoisotopic (exact) mass is 436 g/mol. The molecule has 1 N–H and O–H groups in total. The van der Waals surface area contributed by atoms with Gasteiger partial charge in [0.15, 0.2) is 0 Å². The largest absolute Gasteiger partial charge is 0.492 e. The van der Waals surface area contributed by atoms with Crippen molar-refractivity contribution in [3.63, 3.8) is 0 Å². The van der Waals surface area contributed by atoms with Gasteiger partial charge in [0.25, 0.3) is 15.9 Å². The van der Waals surface area contributed by atoms with Gasteiger partial charge in [0, 0.05) is 12.1 Å². The zero-order valence-electron chi connectivity index (χ0n) is 17.2. The molecule has 31 heavy (non-hydrogen) atoms. The average Bonchev–Trinajstić information content (AvgIpc) is 2.80. The van der Waals surface area contributed by atoms with Gasteiger partial charge in [0.2, 0.25) is 0 Å². The number of aryl methyl sites for hydroxylation is 1. The van der Waals surface area contributed by atoms with Gasteiger partial charge in [-0.1, -0.05) is 36.4 Å². The Hall–Kier alpha value is -3.32. The fraction of sp³-hybridized carbons (Fsp3) is 0.208. The third-order valence-corrected chi connectivity index (χ3v) is 7.00. The second-order valence-electron chi connectivity index (χ2n) is 7.22. The van der Waals surface area contributed by atoms with Crippen molar-refractivity contribution in [2.45, 2.75) is 24.7 Å². The highest BCUT2D eigenvalue weighted by Gasteiger charge is 2.29. The molecule has 0 aromatic heterocycles. The number of ether oxygens (including phenoxy) is 1. The van der Waals surface area contributed by atoms with Crippen LogP contribution in [0.15, 0.2) is 77.7 Å². The maximum Gasteiger partial charge on any atom is 0.264 e.